The first-order valence-electron chi connectivity index (χ1n) is 13.5. The van der Waals surface area contributed by atoms with Crippen LogP contribution in [0, 0.1) is 0 Å². The Hall–Kier alpha value is -2.99. The van der Waals surface area contributed by atoms with Gasteiger partial charge in [-0.15, -0.1) is 0 Å². The lowest BCUT2D eigenvalue weighted by Gasteiger charge is -2.34. The van der Waals surface area contributed by atoms with Crippen LogP contribution in [0.15, 0.2) is 42.5 Å². The van der Waals surface area contributed by atoms with Crippen LogP contribution >= 0.6 is 0 Å². The lowest BCUT2D eigenvalue weighted by atomic mass is 9.89. The van der Waals surface area contributed by atoms with E-state index in [1.807, 2.05) is 6.92 Å². The van der Waals surface area contributed by atoms with E-state index < -0.39 is 40.7 Å². The average Bonchev–Trinajstić information content (AvgIpc) is 2.88. The van der Waals surface area contributed by atoms with Crippen molar-refractivity contribution in [1.29, 1.82) is 0 Å². The van der Waals surface area contributed by atoms with Gasteiger partial charge in [-0.1, -0.05) is 25.1 Å². The average molecular weight is 608 g/mol. The number of hydrogen-bond acceptors (Lipinski definition) is 5. The van der Waals surface area contributed by atoms with Crippen molar-refractivity contribution < 1.29 is 50.1 Å². The molecule has 1 atom stereocenters. The molecule has 1 amide bonds. The molecule has 0 aliphatic heterocycles. The summed E-state index contributed by atoms with van der Waals surface area (Å²) in [5, 5.41) is 2.84. The van der Waals surface area contributed by atoms with Crippen LogP contribution in [-0.2, 0) is 39.4 Å². The van der Waals surface area contributed by atoms with Crippen LogP contribution < -0.4 is 10.1 Å². The molecule has 0 radical (unpaired) electrons. The summed E-state index contributed by atoms with van der Waals surface area (Å²) in [6.45, 7) is 6.97. The molecule has 0 spiro atoms. The van der Waals surface area contributed by atoms with E-state index in [0.29, 0.717) is 30.4 Å². The van der Waals surface area contributed by atoms with Crippen molar-refractivity contribution in [3.05, 3.63) is 64.7 Å². The minimum atomic E-state index is -4.68. The Balaban J connectivity index is 2.10. The third-order valence-electron chi connectivity index (χ3n) is 6.41. The predicted molar refractivity (Wildman–Crippen MR) is 145 cm³/mol. The molecule has 0 fully saturated rings. The van der Waals surface area contributed by atoms with E-state index in [-0.39, 0.29) is 38.6 Å². The number of benzene rings is 2. The monoisotopic (exact) mass is 607 g/mol. The molecule has 0 aliphatic carbocycles. The van der Waals surface area contributed by atoms with Crippen molar-refractivity contribution in [2.45, 2.75) is 83.3 Å². The van der Waals surface area contributed by atoms with Gasteiger partial charge in [-0.05, 0) is 88.3 Å². The van der Waals surface area contributed by atoms with E-state index in [9.17, 15) is 31.1 Å². The third kappa shape index (κ3) is 11.7. The Kier molecular flexibility index (Phi) is 12.5. The summed E-state index contributed by atoms with van der Waals surface area (Å²) in [6, 6.07) is 8.43. The third-order valence-corrected chi connectivity index (χ3v) is 6.41. The molecule has 12 heteroatoms. The first-order chi connectivity index (χ1) is 19.5. The summed E-state index contributed by atoms with van der Waals surface area (Å²) in [7, 11) is 1.45. The second-order valence-corrected chi connectivity index (χ2v) is 11.0. The standard InChI is InChI=1S/C30H39F6NO5/c1-6-28(19-40-20-39-5,37-26(38)42-27(2,3)4)16-15-22-11-14-25(24(18-22)30(34,35)36)41-17-7-8-21-9-12-23(13-10-21)29(31,32)33/h9-14,18H,6-8,15-17,19-20H2,1-5H3,(H,37,38). The van der Waals surface area contributed by atoms with Gasteiger partial charge < -0.3 is 24.3 Å². The van der Waals surface area contributed by atoms with Crippen molar-refractivity contribution in [3.8, 4) is 5.75 Å². The highest BCUT2D eigenvalue weighted by molar-refractivity contribution is 5.68. The van der Waals surface area contributed by atoms with Crippen molar-refractivity contribution >= 4 is 6.09 Å². The van der Waals surface area contributed by atoms with Crippen LogP contribution in [-0.4, -0.2) is 44.3 Å². The lowest BCUT2D eigenvalue weighted by molar-refractivity contribution is -0.139. The van der Waals surface area contributed by atoms with Gasteiger partial charge >= 0.3 is 18.4 Å². The number of carbonyl (C=O) groups is 1. The highest BCUT2D eigenvalue weighted by Gasteiger charge is 2.36. The highest BCUT2D eigenvalue weighted by Crippen LogP contribution is 2.37. The molecule has 6 nitrogen and oxygen atoms in total. The number of rotatable bonds is 14. The molecule has 2 aromatic rings. The van der Waals surface area contributed by atoms with E-state index in [2.05, 4.69) is 5.32 Å². The van der Waals surface area contributed by atoms with Gasteiger partial charge in [-0.2, -0.15) is 26.3 Å². The van der Waals surface area contributed by atoms with Gasteiger partial charge in [0.05, 0.1) is 29.9 Å². The van der Waals surface area contributed by atoms with Crippen molar-refractivity contribution in [2.75, 3.05) is 27.1 Å². The molecule has 0 heterocycles. The van der Waals surface area contributed by atoms with Crippen molar-refractivity contribution in [2.24, 2.45) is 0 Å². The van der Waals surface area contributed by atoms with E-state index in [0.717, 1.165) is 18.2 Å². The number of aryl methyl sites for hydroxylation is 2. The summed E-state index contributed by atoms with van der Waals surface area (Å²) >= 11 is 0. The normalized spacial score (nSPS) is 13.9. The van der Waals surface area contributed by atoms with Gasteiger partial charge in [0.15, 0.2) is 0 Å². The minimum absolute atomic E-state index is 0.0269. The number of nitrogens with one attached hydrogen (secondary N) is 1. The number of ether oxygens (including phenoxy) is 4. The molecule has 1 N–H and O–H groups in total. The fraction of sp³-hybridized carbons (Fsp3) is 0.567. The minimum Gasteiger partial charge on any atom is -0.493 e. The molecule has 0 aromatic heterocycles. The fourth-order valence-corrected chi connectivity index (χ4v) is 4.16. The molecule has 0 aliphatic rings. The van der Waals surface area contributed by atoms with E-state index in [4.69, 9.17) is 18.9 Å². The largest absolute Gasteiger partial charge is 0.493 e. The molecule has 1 unspecified atom stereocenters. The Labute approximate surface area is 242 Å². The van der Waals surface area contributed by atoms with Gasteiger partial charge in [0.25, 0.3) is 0 Å². The fourth-order valence-electron chi connectivity index (χ4n) is 4.16. The first kappa shape index (κ1) is 35.2. The van der Waals surface area contributed by atoms with Gasteiger partial charge in [0.2, 0.25) is 0 Å². The maximum absolute atomic E-state index is 13.9. The highest BCUT2D eigenvalue weighted by atomic mass is 19.4. The SMILES string of the molecule is CCC(CCc1ccc(OCCCc2ccc(C(F)(F)F)cc2)c(C(F)(F)F)c1)(COCOC)NC(=O)OC(C)(C)C. The summed E-state index contributed by atoms with van der Waals surface area (Å²) in [5.74, 6) is -0.337. The Bertz CT molecular complexity index is 1130. The van der Waals surface area contributed by atoms with E-state index in [1.165, 1.54) is 31.4 Å². The van der Waals surface area contributed by atoms with Crippen LogP contribution in [0.4, 0.5) is 31.1 Å². The molecule has 42 heavy (non-hydrogen) atoms. The van der Waals surface area contributed by atoms with Gasteiger partial charge in [-0.25, -0.2) is 4.79 Å². The van der Waals surface area contributed by atoms with E-state index >= 15 is 0 Å². The summed E-state index contributed by atoms with van der Waals surface area (Å²) in [5.41, 5.74) is -2.37. The molecule has 0 bridgehead atoms. The predicted octanol–water partition coefficient (Wildman–Crippen LogP) is 7.96. The lowest BCUT2D eigenvalue weighted by Crippen LogP contribution is -2.53. The second-order valence-electron chi connectivity index (χ2n) is 11.0. The zero-order valence-corrected chi connectivity index (χ0v) is 24.5. The van der Waals surface area contributed by atoms with Gasteiger partial charge in [0.1, 0.15) is 18.1 Å². The smallest absolute Gasteiger partial charge is 0.419 e. The molecule has 0 saturated carbocycles. The number of alkyl carbamates (subject to hydrolysis) is 1. The number of amides is 1. The maximum Gasteiger partial charge on any atom is 0.419 e. The van der Waals surface area contributed by atoms with Gasteiger partial charge in [0, 0.05) is 7.11 Å². The van der Waals surface area contributed by atoms with Crippen LogP contribution in [0.3, 0.4) is 0 Å². The molecular weight excluding hydrogens is 568 g/mol. The van der Waals surface area contributed by atoms with Crippen LogP contribution in [0.1, 0.15) is 69.2 Å². The number of alkyl halides is 6. The first-order valence-corrected chi connectivity index (χ1v) is 13.5. The van der Waals surface area contributed by atoms with E-state index in [1.54, 1.807) is 20.8 Å². The van der Waals surface area contributed by atoms with Gasteiger partial charge in [-0.3, -0.25) is 0 Å². The summed E-state index contributed by atoms with van der Waals surface area (Å²) in [6.07, 6.45) is -8.27. The van der Waals surface area contributed by atoms with Crippen molar-refractivity contribution in [3.63, 3.8) is 0 Å². The topological polar surface area (TPSA) is 66.0 Å². The summed E-state index contributed by atoms with van der Waals surface area (Å²) < 4.78 is 101. The van der Waals surface area contributed by atoms with Crippen LogP contribution in [0.5, 0.6) is 5.75 Å². The summed E-state index contributed by atoms with van der Waals surface area (Å²) in [4.78, 5) is 12.5. The van der Waals surface area contributed by atoms with Crippen LogP contribution in [0.25, 0.3) is 0 Å². The maximum atomic E-state index is 13.9. The quantitative estimate of drug-likeness (QED) is 0.134. The molecule has 2 aromatic carbocycles. The number of hydrogen-bond donors (Lipinski definition) is 1. The number of methoxy groups -OCH3 is 1. The van der Waals surface area contributed by atoms with Crippen LogP contribution in [0.2, 0.25) is 0 Å². The van der Waals surface area contributed by atoms with Crippen molar-refractivity contribution in [1.82, 2.24) is 5.32 Å². The number of carbonyl (C=O) groups excluding carboxylic acids is 1. The second kappa shape index (κ2) is 15.0. The molecular formula is C30H39F6NO5. The molecule has 236 valence electrons. The zero-order valence-electron chi connectivity index (χ0n) is 24.5. The number of halogens is 6. The molecule has 0 saturated heterocycles. The molecule has 2 rings (SSSR count). The zero-order chi connectivity index (χ0) is 31.6. The Morgan fingerprint density at radius 2 is 1.52 bits per heavy atom. The Morgan fingerprint density at radius 1 is 0.881 bits per heavy atom. The Morgan fingerprint density at radius 3 is 2.07 bits per heavy atom.